The first-order chi connectivity index (χ1) is 7.66. The zero-order valence-electron chi connectivity index (χ0n) is 9.03. The number of aryl methyl sites for hydroxylation is 1. The molecular weight excluding hydrogens is 391 g/mol. The van der Waals surface area contributed by atoms with Crippen molar-refractivity contribution in [2.75, 3.05) is 0 Å². The van der Waals surface area contributed by atoms with Crippen LogP contribution in [0.1, 0.15) is 21.5 Å². The molecule has 0 unspecified atom stereocenters. The normalized spacial score (nSPS) is 10.1. The summed E-state index contributed by atoms with van der Waals surface area (Å²) in [6, 6.07) is 15.6. The minimum atomic E-state index is 0.0988. The number of carbonyl (C=O) groups excluding carboxylic acids is 1. The van der Waals surface area contributed by atoms with E-state index in [1.54, 1.807) is 0 Å². The molecule has 0 aliphatic rings. The Kier molecular flexibility index (Phi) is 3.53. The van der Waals surface area contributed by atoms with E-state index in [-0.39, 0.29) is 5.78 Å². The summed E-state index contributed by atoms with van der Waals surface area (Å²) < 4.78 is 1.31. The molecule has 0 aliphatic heterocycles. The van der Waals surface area contributed by atoms with E-state index < -0.39 is 0 Å². The van der Waals surface area contributed by atoms with Gasteiger partial charge in [0.25, 0.3) is 0 Å². The van der Waals surface area contributed by atoms with Crippen molar-refractivity contribution in [2.24, 2.45) is 0 Å². The van der Waals surface area contributed by atoms with Gasteiger partial charge in [-0.3, -0.25) is 0 Å². The molecule has 3 radical (unpaired) electrons. The molecular formula is C14H11OPb. The van der Waals surface area contributed by atoms with E-state index in [0.29, 0.717) is 0 Å². The Morgan fingerprint density at radius 2 is 1.31 bits per heavy atom. The van der Waals surface area contributed by atoms with Gasteiger partial charge < -0.3 is 0 Å². The Morgan fingerprint density at radius 1 is 0.875 bits per heavy atom. The molecule has 0 fully saturated rings. The van der Waals surface area contributed by atoms with Gasteiger partial charge in [-0.25, -0.2) is 0 Å². The average Bonchev–Trinajstić information content (AvgIpc) is 2.30. The topological polar surface area (TPSA) is 17.1 Å². The third-order valence-corrected chi connectivity index (χ3v) is 3.76. The van der Waals surface area contributed by atoms with Crippen LogP contribution in [0.5, 0.6) is 0 Å². The van der Waals surface area contributed by atoms with Crippen molar-refractivity contribution in [3.63, 3.8) is 0 Å². The van der Waals surface area contributed by atoms with Crippen molar-refractivity contribution < 1.29 is 4.79 Å². The Morgan fingerprint density at radius 3 is 1.81 bits per heavy atom. The molecule has 2 heteroatoms. The molecule has 2 aromatic carbocycles. The number of rotatable bonds is 2. The van der Waals surface area contributed by atoms with Crippen LogP contribution in [0.15, 0.2) is 48.5 Å². The molecule has 0 heterocycles. The second-order valence-electron chi connectivity index (χ2n) is 3.77. The van der Waals surface area contributed by atoms with E-state index >= 15 is 0 Å². The van der Waals surface area contributed by atoms with Crippen LogP contribution in [0.3, 0.4) is 0 Å². The molecule has 0 atom stereocenters. The van der Waals surface area contributed by atoms with Gasteiger partial charge in [0.1, 0.15) is 0 Å². The van der Waals surface area contributed by atoms with E-state index in [1.165, 1.54) is 8.69 Å². The predicted molar refractivity (Wildman–Crippen MR) is 66.4 cm³/mol. The fourth-order valence-corrected chi connectivity index (χ4v) is 2.14. The van der Waals surface area contributed by atoms with Crippen LogP contribution in [0.25, 0.3) is 0 Å². The molecule has 16 heavy (non-hydrogen) atoms. The summed E-state index contributed by atoms with van der Waals surface area (Å²) >= 11 is 1.03. The van der Waals surface area contributed by atoms with E-state index in [0.717, 1.165) is 36.9 Å². The third kappa shape index (κ3) is 2.58. The molecule has 0 N–H and O–H groups in total. The van der Waals surface area contributed by atoms with Crippen molar-refractivity contribution in [3.8, 4) is 0 Å². The van der Waals surface area contributed by atoms with Crippen molar-refractivity contribution >= 4 is 34.7 Å². The van der Waals surface area contributed by atoms with Crippen LogP contribution < -0.4 is 3.12 Å². The number of hydrogen-bond donors (Lipinski definition) is 0. The minimum absolute atomic E-state index is 0.0988. The Labute approximate surface area is 111 Å². The van der Waals surface area contributed by atoms with Gasteiger partial charge in [0.2, 0.25) is 0 Å². The van der Waals surface area contributed by atoms with E-state index in [9.17, 15) is 4.79 Å². The van der Waals surface area contributed by atoms with E-state index in [4.69, 9.17) is 0 Å². The fourth-order valence-electron chi connectivity index (χ4n) is 1.49. The molecule has 0 aliphatic carbocycles. The SMILES string of the molecule is Cc1ccc(C(=O)c2cc[c]([Pb])cc2)cc1. The van der Waals surface area contributed by atoms with Gasteiger partial charge in [-0.05, 0) is 0 Å². The molecule has 2 aromatic rings. The maximum atomic E-state index is 12.1. The summed E-state index contributed by atoms with van der Waals surface area (Å²) in [6.07, 6.45) is 0. The summed E-state index contributed by atoms with van der Waals surface area (Å²) in [4.78, 5) is 12.1. The first kappa shape index (κ1) is 11.5. The molecule has 0 saturated heterocycles. The van der Waals surface area contributed by atoms with Crippen LogP contribution in [0.2, 0.25) is 0 Å². The van der Waals surface area contributed by atoms with Gasteiger partial charge in [-0.15, -0.1) is 0 Å². The molecule has 0 spiro atoms. The number of hydrogen-bond acceptors (Lipinski definition) is 1. The summed E-state index contributed by atoms with van der Waals surface area (Å²) in [5.74, 6) is 0.0988. The first-order valence-corrected chi connectivity index (χ1v) is 7.04. The average molecular weight is 402 g/mol. The maximum absolute atomic E-state index is 12.1. The van der Waals surface area contributed by atoms with Crippen LogP contribution in [0, 0.1) is 6.92 Å². The van der Waals surface area contributed by atoms with Gasteiger partial charge in [0.05, 0.1) is 0 Å². The third-order valence-electron chi connectivity index (χ3n) is 2.46. The van der Waals surface area contributed by atoms with Crippen molar-refractivity contribution in [1.29, 1.82) is 0 Å². The number of ketones is 1. The quantitative estimate of drug-likeness (QED) is 0.555. The second kappa shape index (κ2) is 4.91. The zero-order chi connectivity index (χ0) is 11.5. The zero-order valence-corrected chi connectivity index (χ0v) is 12.9. The van der Waals surface area contributed by atoms with Crippen molar-refractivity contribution in [3.05, 3.63) is 65.2 Å². The second-order valence-corrected chi connectivity index (χ2v) is 6.02. The summed E-state index contributed by atoms with van der Waals surface area (Å²) in [7, 11) is 0. The van der Waals surface area contributed by atoms with Gasteiger partial charge in [-0.1, -0.05) is 0 Å². The van der Waals surface area contributed by atoms with Crippen molar-refractivity contribution in [2.45, 2.75) is 6.92 Å². The van der Waals surface area contributed by atoms with E-state index in [2.05, 4.69) is 0 Å². The standard InChI is InChI=1S/C14H11O.Pb/c1-11-7-9-13(10-8-11)14(15)12-5-3-2-4-6-12;/h3-10H,1H3;. The van der Waals surface area contributed by atoms with Gasteiger partial charge in [-0.2, -0.15) is 0 Å². The fraction of sp³-hybridized carbons (Fsp3) is 0.0714. The van der Waals surface area contributed by atoms with Crippen LogP contribution in [-0.2, 0) is 0 Å². The van der Waals surface area contributed by atoms with Crippen LogP contribution in [-0.4, -0.2) is 31.6 Å². The molecule has 0 aromatic heterocycles. The molecule has 77 valence electrons. The Bertz CT molecular complexity index is 450. The predicted octanol–water partition coefficient (Wildman–Crippen LogP) is 2.02. The van der Waals surface area contributed by atoms with Gasteiger partial charge >= 0.3 is 112 Å². The van der Waals surface area contributed by atoms with Gasteiger partial charge in [0, 0.05) is 0 Å². The van der Waals surface area contributed by atoms with E-state index in [1.807, 2.05) is 55.5 Å². The molecule has 2 rings (SSSR count). The Hall–Kier alpha value is -0.968. The Balaban J connectivity index is 2.32. The summed E-state index contributed by atoms with van der Waals surface area (Å²) in [5.41, 5.74) is 2.70. The number of benzene rings is 2. The molecule has 0 amide bonds. The number of carbonyl (C=O) groups is 1. The molecule has 1 nitrogen and oxygen atoms in total. The van der Waals surface area contributed by atoms with Gasteiger partial charge in [0.15, 0.2) is 0 Å². The molecule has 0 bridgehead atoms. The van der Waals surface area contributed by atoms with Crippen molar-refractivity contribution in [1.82, 2.24) is 0 Å². The van der Waals surface area contributed by atoms with Crippen LogP contribution >= 0.6 is 0 Å². The first-order valence-electron chi connectivity index (χ1n) is 5.10. The summed E-state index contributed by atoms with van der Waals surface area (Å²) in [5, 5.41) is 0. The monoisotopic (exact) mass is 403 g/mol. The van der Waals surface area contributed by atoms with Crippen LogP contribution in [0.4, 0.5) is 0 Å². The molecule has 0 saturated carbocycles. The summed E-state index contributed by atoms with van der Waals surface area (Å²) in [6.45, 7) is 2.02.